The summed E-state index contributed by atoms with van der Waals surface area (Å²) in [5.74, 6) is 0.0326. The van der Waals surface area contributed by atoms with E-state index in [1.54, 1.807) is 10.00 Å². The van der Waals surface area contributed by atoms with Crippen molar-refractivity contribution in [2.45, 2.75) is 31.4 Å². The van der Waals surface area contributed by atoms with Crippen LogP contribution in [0.25, 0.3) is 0 Å². The molecule has 4 N–H and O–H groups in total. The molecule has 0 unspecified atom stereocenters. The Bertz CT molecular complexity index is 1190. The molecular formula is C21H24F6N8O3. The second-order valence-corrected chi connectivity index (χ2v) is 8.28. The van der Waals surface area contributed by atoms with Crippen LogP contribution < -0.4 is 21.1 Å². The third-order valence-electron chi connectivity index (χ3n) is 5.52. The summed E-state index contributed by atoms with van der Waals surface area (Å²) >= 11 is 0. The van der Waals surface area contributed by atoms with E-state index in [4.69, 9.17) is 0 Å². The molecule has 1 fully saturated rings. The Kier molecular flexibility index (Phi) is 8.80. The van der Waals surface area contributed by atoms with Crippen LogP contribution in [0.2, 0.25) is 0 Å². The van der Waals surface area contributed by atoms with E-state index in [0.717, 1.165) is 6.20 Å². The van der Waals surface area contributed by atoms with Gasteiger partial charge in [-0.1, -0.05) is 12.2 Å². The molecule has 2 aromatic heterocycles. The number of H-pyrrole nitrogens is 1. The maximum absolute atomic E-state index is 13.1. The van der Waals surface area contributed by atoms with Gasteiger partial charge in [0.2, 0.25) is 5.95 Å². The standard InChI is InChI=1S/C21H24F6N8O3/c1-12(32-15-9-31-33-17(37)16(15)21(25,26)27)3-2-4-28-19(38)35-6-5-34(10-14(35)11-36)18-29-7-13(8-30-18)20(22,23)24/h2-3,7-9,12,14,36H,4-6,10-11H2,1H3,(H,28,38)(H2,32,33,37)/b3-2+/t12-,14-/m0/s1. The van der Waals surface area contributed by atoms with E-state index < -0.39 is 59.4 Å². The minimum Gasteiger partial charge on any atom is -0.394 e. The van der Waals surface area contributed by atoms with Gasteiger partial charge in [-0.3, -0.25) is 4.79 Å². The lowest BCUT2D eigenvalue weighted by atomic mass is 10.2. The molecule has 11 nitrogen and oxygen atoms in total. The van der Waals surface area contributed by atoms with E-state index in [-0.39, 0.29) is 32.1 Å². The highest BCUT2D eigenvalue weighted by Crippen LogP contribution is 2.31. The fourth-order valence-corrected chi connectivity index (χ4v) is 3.69. The van der Waals surface area contributed by atoms with E-state index in [9.17, 15) is 41.0 Å². The highest BCUT2D eigenvalue weighted by atomic mass is 19.4. The number of halogens is 6. The number of anilines is 2. The van der Waals surface area contributed by atoms with Gasteiger partial charge in [0.25, 0.3) is 5.56 Å². The number of nitrogens with zero attached hydrogens (tertiary/aromatic N) is 5. The normalized spacial score (nSPS) is 17.5. The molecule has 208 valence electrons. The van der Waals surface area contributed by atoms with E-state index in [2.05, 4.69) is 25.7 Å². The number of aromatic nitrogens is 4. The molecule has 1 saturated heterocycles. The van der Waals surface area contributed by atoms with E-state index in [1.807, 2.05) is 0 Å². The van der Waals surface area contributed by atoms with Crippen LogP contribution in [0.4, 0.5) is 42.8 Å². The third kappa shape index (κ3) is 7.11. The Balaban J connectivity index is 1.52. The van der Waals surface area contributed by atoms with Gasteiger partial charge in [0.05, 0.1) is 30.1 Å². The number of nitrogens with one attached hydrogen (secondary N) is 3. The van der Waals surface area contributed by atoms with Crippen LogP contribution in [0.3, 0.4) is 0 Å². The van der Waals surface area contributed by atoms with Crippen LogP contribution in [-0.2, 0) is 12.4 Å². The van der Waals surface area contributed by atoms with Gasteiger partial charge in [-0.15, -0.1) is 0 Å². The average Bonchev–Trinajstić information content (AvgIpc) is 2.85. The summed E-state index contributed by atoms with van der Waals surface area (Å²) in [6, 6.07) is -1.88. The Morgan fingerprint density at radius 3 is 2.47 bits per heavy atom. The van der Waals surface area contributed by atoms with Crippen LogP contribution in [0, 0.1) is 0 Å². The molecule has 1 aliphatic heterocycles. The molecule has 3 rings (SSSR count). The molecule has 2 atom stereocenters. The van der Waals surface area contributed by atoms with Gasteiger partial charge in [0, 0.05) is 44.6 Å². The molecule has 0 radical (unpaired) electrons. The monoisotopic (exact) mass is 550 g/mol. The van der Waals surface area contributed by atoms with Crippen molar-refractivity contribution in [3.63, 3.8) is 0 Å². The fraction of sp³-hybridized carbons (Fsp3) is 0.476. The van der Waals surface area contributed by atoms with Gasteiger partial charge in [0.1, 0.15) is 5.56 Å². The zero-order valence-electron chi connectivity index (χ0n) is 19.8. The molecule has 0 spiro atoms. The van der Waals surface area contributed by atoms with E-state index in [0.29, 0.717) is 12.4 Å². The summed E-state index contributed by atoms with van der Waals surface area (Å²) in [4.78, 5) is 34.5. The molecular weight excluding hydrogens is 526 g/mol. The number of aromatic amines is 1. The Morgan fingerprint density at radius 1 is 1.18 bits per heavy atom. The summed E-state index contributed by atoms with van der Waals surface area (Å²) in [6.07, 6.45) is -4.32. The molecule has 0 aliphatic carbocycles. The first kappa shape index (κ1) is 28.7. The largest absolute Gasteiger partial charge is 0.423 e. The predicted molar refractivity (Wildman–Crippen MR) is 122 cm³/mol. The highest BCUT2D eigenvalue weighted by molar-refractivity contribution is 5.75. The lowest BCUT2D eigenvalue weighted by molar-refractivity contribution is -0.139. The van der Waals surface area contributed by atoms with Crippen molar-refractivity contribution >= 4 is 17.7 Å². The second-order valence-electron chi connectivity index (χ2n) is 8.28. The summed E-state index contributed by atoms with van der Waals surface area (Å²) < 4.78 is 77.6. The minimum absolute atomic E-state index is 0.00494. The summed E-state index contributed by atoms with van der Waals surface area (Å²) in [5.41, 5.74) is -4.28. The number of aliphatic hydroxyl groups is 1. The zero-order valence-corrected chi connectivity index (χ0v) is 19.8. The molecule has 17 heteroatoms. The number of hydrogen-bond acceptors (Lipinski definition) is 8. The molecule has 2 aromatic rings. The van der Waals surface area contributed by atoms with Crippen LogP contribution in [0.5, 0.6) is 0 Å². The SMILES string of the molecule is C[C@@H](/C=C/CNC(=O)N1CCN(c2ncc(C(F)(F)F)cn2)C[C@H]1CO)Nc1cn[nH]c(=O)c1C(F)(F)F. The number of carbonyl (C=O) groups excluding carboxylic acids is 1. The van der Waals surface area contributed by atoms with Gasteiger partial charge in [0.15, 0.2) is 0 Å². The summed E-state index contributed by atoms with van der Waals surface area (Å²) in [5, 5.41) is 20.0. The number of urea groups is 1. The first-order valence-electron chi connectivity index (χ1n) is 11.2. The van der Waals surface area contributed by atoms with Gasteiger partial charge in [-0.2, -0.15) is 31.4 Å². The van der Waals surface area contributed by atoms with Crippen LogP contribution in [-0.4, -0.2) is 81.1 Å². The Hall–Kier alpha value is -3.89. The van der Waals surface area contributed by atoms with Crippen molar-refractivity contribution in [2.24, 2.45) is 0 Å². The molecule has 0 bridgehead atoms. The fourth-order valence-electron chi connectivity index (χ4n) is 3.69. The molecule has 0 saturated carbocycles. The van der Waals surface area contributed by atoms with Crippen molar-refractivity contribution in [2.75, 3.05) is 43.0 Å². The predicted octanol–water partition coefficient (Wildman–Crippen LogP) is 1.85. The number of alkyl halides is 6. The topological polar surface area (TPSA) is 139 Å². The molecule has 2 amide bonds. The minimum atomic E-state index is -4.89. The molecule has 1 aliphatic rings. The third-order valence-corrected chi connectivity index (χ3v) is 5.52. The van der Waals surface area contributed by atoms with E-state index in [1.165, 1.54) is 24.0 Å². The Morgan fingerprint density at radius 2 is 1.87 bits per heavy atom. The summed E-state index contributed by atoms with van der Waals surface area (Å²) in [7, 11) is 0. The van der Waals surface area contributed by atoms with E-state index >= 15 is 0 Å². The maximum Gasteiger partial charge on any atom is 0.423 e. The lowest BCUT2D eigenvalue weighted by Gasteiger charge is -2.40. The first-order valence-corrected chi connectivity index (χ1v) is 11.2. The zero-order chi connectivity index (χ0) is 28.1. The number of rotatable bonds is 7. The van der Waals surface area contributed by atoms with Crippen LogP contribution in [0.15, 0.2) is 35.5 Å². The summed E-state index contributed by atoms with van der Waals surface area (Å²) in [6.45, 7) is 1.52. The first-order chi connectivity index (χ1) is 17.8. The van der Waals surface area contributed by atoms with Crippen molar-refractivity contribution in [3.05, 3.63) is 52.2 Å². The van der Waals surface area contributed by atoms with Crippen molar-refractivity contribution in [1.82, 2.24) is 30.4 Å². The number of aliphatic hydroxyl groups excluding tert-OH is 1. The number of amides is 2. The van der Waals surface area contributed by atoms with Crippen molar-refractivity contribution in [1.29, 1.82) is 0 Å². The molecule has 0 aromatic carbocycles. The van der Waals surface area contributed by atoms with Crippen molar-refractivity contribution < 1.29 is 36.2 Å². The quantitative estimate of drug-likeness (QED) is 0.303. The van der Waals surface area contributed by atoms with Crippen molar-refractivity contribution in [3.8, 4) is 0 Å². The van der Waals surface area contributed by atoms with Gasteiger partial charge < -0.3 is 25.5 Å². The average molecular weight is 550 g/mol. The lowest BCUT2D eigenvalue weighted by Crippen LogP contribution is -2.59. The molecule has 3 heterocycles. The van der Waals surface area contributed by atoms with Crippen LogP contribution >= 0.6 is 0 Å². The number of piperazine rings is 1. The van der Waals surface area contributed by atoms with Crippen LogP contribution in [0.1, 0.15) is 18.1 Å². The van der Waals surface area contributed by atoms with Gasteiger partial charge in [-0.05, 0) is 6.92 Å². The number of hydrogen-bond donors (Lipinski definition) is 4. The Labute approximate surface area is 211 Å². The number of carbonyl (C=O) groups is 1. The second kappa shape index (κ2) is 11.7. The molecule has 38 heavy (non-hydrogen) atoms. The maximum atomic E-state index is 13.1. The van der Waals surface area contributed by atoms with Gasteiger partial charge in [-0.25, -0.2) is 19.9 Å². The smallest absolute Gasteiger partial charge is 0.394 e. The van der Waals surface area contributed by atoms with Gasteiger partial charge >= 0.3 is 18.4 Å². The highest BCUT2D eigenvalue weighted by Gasteiger charge is 2.37.